The maximum Gasteiger partial charge on any atom is 0.222 e. The van der Waals surface area contributed by atoms with Gasteiger partial charge in [0.1, 0.15) is 23.3 Å². The van der Waals surface area contributed by atoms with Crippen LogP contribution in [0, 0.1) is 0 Å². The van der Waals surface area contributed by atoms with Crippen LogP contribution < -0.4 is 15.2 Å². The van der Waals surface area contributed by atoms with Crippen molar-refractivity contribution in [2.45, 2.75) is 32.3 Å². The SMILES string of the molecule is CC(Oc1cc(-c2cnc3ccc(OCCCCO)cn23)sc1CC(N)=O)c1ccccc1Cl. The molecule has 0 saturated heterocycles. The highest BCUT2D eigenvalue weighted by molar-refractivity contribution is 7.15. The Kier molecular flexibility index (Phi) is 7.72. The number of aliphatic hydroxyl groups excluding tert-OH is 1. The summed E-state index contributed by atoms with van der Waals surface area (Å²) in [6, 6.07) is 13.2. The van der Waals surface area contributed by atoms with Crippen molar-refractivity contribution >= 4 is 34.5 Å². The number of thiophene rings is 1. The fourth-order valence-corrected chi connectivity index (χ4v) is 5.01. The predicted molar refractivity (Wildman–Crippen MR) is 134 cm³/mol. The second kappa shape index (κ2) is 10.9. The molecule has 7 nitrogen and oxygen atoms in total. The van der Waals surface area contributed by atoms with Gasteiger partial charge in [0.15, 0.2) is 0 Å². The summed E-state index contributed by atoms with van der Waals surface area (Å²) in [6.45, 7) is 2.59. The van der Waals surface area contributed by atoms with Crippen molar-refractivity contribution in [1.82, 2.24) is 9.38 Å². The molecule has 9 heteroatoms. The second-order valence-corrected chi connectivity index (χ2v) is 9.38. The Labute approximate surface area is 206 Å². The number of carbonyl (C=O) groups excluding carboxylic acids is 1. The number of rotatable bonds is 11. The van der Waals surface area contributed by atoms with Crippen LogP contribution >= 0.6 is 22.9 Å². The fourth-order valence-electron chi connectivity index (χ4n) is 3.61. The number of halogens is 1. The van der Waals surface area contributed by atoms with E-state index in [-0.39, 0.29) is 19.1 Å². The summed E-state index contributed by atoms with van der Waals surface area (Å²) < 4.78 is 14.0. The molecule has 0 spiro atoms. The van der Waals surface area contributed by atoms with Crippen LogP contribution in [0.1, 0.15) is 36.3 Å². The van der Waals surface area contributed by atoms with E-state index in [4.69, 9.17) is 31.9 Å². The zero-order valence-electron chi connectivity index (χ0n) is 18.7. The molecule has 0 aliphatic rings. The van der Waals surface area contributed by atoms with E-state index in [2.05, 4.69) is 4.98 Å². The molecule has 0 bridgehead atoms. The van der Waals surface area contributed by atoms with Gasteiger partial charge in [-0.2, -0.15) is 0 Å². The van der Waals surface area contributed by atoms with E-state index >= 15 is 0 Å². The highest BCUT2D eigenvalue weighted by Crippen LogP contribution is 2.39. The topological polar surface area (TPSA) is 99.1 Å². The first-order valence-electron chi connectivity index (χ1n) is 11.0. The summed E-state index contributed by atoms with van der Waals surface area (Å²) in [5.41, 5.74) is 7.99. The zero-order valence-corrected chi connectivity index (χ0v) is 20.3. The lowest BCUT2D eigenvalue weighted by molar-refractivity contribution is -0.117. The standard InChI is InChI=1S/C25H26ClN3O4S/c1-16(18-6-2-3-7-19(18)26)33-21-12-22(34-23(21)13-24(27)31)20-14-28-25-9-8-17(15-29(20)25)32-11-5-4-10-30/h2-3,6-9,12,14-16,30H,4-5,10-11,13H2,1H3,(H2,27,31). The van der Waals surface area contributed by atoms with Crippen molar-refractivity contribution in [2.75, 3.05) is 13.2 Å². The van der Waals surface area contributed by atoms with E-state index in [9.17, 15) is 4.79 Å². The summed E-state index contributed by atoms with van der Waals surface area (Å²) >= 11 is 7.79. The monoisotopic (exact) mass is 499 g/mol. The molecule has 4 aromatic rings. The highest BCUT2D eigenvalue weighted by atomic mass is 35.5. The summed E-state index contributed by atoms with van der Waals surface area (Å²) in [4.78, 5) is 17.9. The molecule has 0 radical (unpaired) electrons. The smallest absolute Gasteiger partial charge is 0.222 e. The highest BCUT2D eigenvalue weighted by Gasteiger charge is 2.20. The molecule has 0 aliphatic heterocycles. The van der Waals surface area contributed by atoms with E-state index in [0.717, 1.165) is 33.1 Å². The quantitative estimate of drug-likeness (QED) is 0.282. The number of hydrogen-bond donors (Lipinski definition) is 2. The van der Waals surface area contributed by atoms with Gasteiger partial charge in [-0.1, -0.05) is 29.8 Å². The Hall–Kier alpha value is -3.07. The van der Waals surface area contributed by atoms with Crippen molar-refractivity contribution in [3.05, 3.63) is 70.3 Å². The third-order valence-electron chi connectivity index (χ3n) is 5.30. The lowest BCUT2D eigenvalue weighted by Gasteiger charge is -2.16. The largest absolute Gasteiger partial charge is 0.492 e. The molecule has 1 aromatic carbocycles. The van der Waals surface area contributed by atoms with E-state index in [1.165, 1.54) is 11.3 Å². The van der Waals surface area contributed by atoms with E-state index in [0.29, 0.717) is 29.5 Å². The molecule has 3 heterocycles. The minimum absolute atomic E-state index is 0.0746. The Morgan fingerprint density at radius 1 is 1.26 bits per heavy atom. The van der Waals surface area contributed by atoms with Crippen LogP contribution in [-0.2, 0) is 11.2 Å². The van der Waals surface area contributed by atoms with Crippen LogP contribution in [0.3, 0.4) is 0 Å². The molecule has 3 N–H and O–H groups in total. The molecule has 1 unspecified atom stereocenters. The van der Waals surface area contributed by atoms with Gasteiger partial charge in [0.25, 0.3) is 0 Å². The average molecular weight is 500 g/mol. The van der Waals surface area contributed by atoms with E-state index in [1.54, 1.807) is 6.20 Å². The van der Waals surface area contributed by atoms with E-state index < -0.39 is 5.91 Å². The van der Waals surface area contributed by atoms with Crippen molar-refractivity contribution in [2.24, 2.45) is 5.73 Å². The van der Waals surface area contributed by atoms with Crippen LogP contribution in [-0.4, -0.2) is 33.6 Å². The number of aliphatic hydroxyl groups is 1. The normalized spacial score (nSPS) is 12.1. The predicted octanol–water partition coefficient (Wildman–Crippen LogP) is 5.04. The first-order valence-corrected chi connectivity index (χ1v) is 12.2. The number of hydrogen-bond acceptors (Lipinski definition) is 6. The number of aromatic nitrogens is 2. The Morgan fingerprint density at radius 2 is 2.09 bits per heavy atom. The van der Waals surface area contributed by atoms with Gasteiger partial charge in [-0.15, -0.1) is 11.3 Å². The number of nitrogens with zero attached hydrogens (tertiary/aromatic N) is 2. The van der Waals surface area contributed by atoms with Gasteiger partial charge in [0.2, 0.25) is 5.91 Å². The number of primary amides is 1. The van der Waals surface area contributed by atoms with Crippen molar-refractivity contribution in [1.29, 1.82) is 0 Å². The van der Waals surface area contributed by atoms with Crippen LogP contribution in [0.2, 0.25) is 5.02 Å². The first-order chi connectivity index (χ1) is 16.5. The van der Waals surface area contributed by atoms with Gasteiger partial charge in [-0.3, -0.25) is 9.20 Å². The van der Waals surface area contributed by atoms with Gasteiger partial charge >= 0.3 is 0 Å². The van der Waals surface area contributed by atoms with E-state index in [1.807, 2.05) is 60.0 Å². The number of carbonyl (C=O) groups is 1. The molecule has 0 fully saturated rings. The number of nitrogens with two attached hydrogens (primary N) is 1. The van der Waals surface area contributed by atoms with Crippen LogP contribution in [0.4, 0.5) is 0 Å². The molecule has 1 atom stereocenters. The Balaban J connectivity index is 1.64. The molecule has 34 heavy (non-hydrogen) atoms. The Morgan fingerprint density at radius 3 is 2.85 bits per heavy atom. The second-order valence-electron chi connectivity index (χ2n) is 7.84. The lowest BCUT2D eigenvalue weighted by atomic mass is 10.1. The summed E-state index contributed by atoms with van der Waals surface area (Å²) in [5.74, 6) is 0.875. The maximum atomic E-state index is 11.7. The third kappa shape index (κ3) is 5.52. The van der Waals surface area contributed by atoms with Crippen molar-refractivity contribution in [3.8, 4) is 22.1 Å². The third-order valence-corrected chi connectivity index (χ3v) is 6.79. The minimum Gasteiger partial charge on any atom is -0.492 e. The maximum absolute atomic E-state index is 11.7. The molecule has 4 rings (SSSR count). The number of imidazole rings is 1. The van der Waals surface area contributed by atoms with Gasteiger partial charge in [-0.25, -0.2) is 4.98 Å². The minimum atomic E-state index is -0.430. The molecular formula is C25H26ClN3O4S. The number of fused-ring (bicyclic) bond motifs is 1. The van der Waals surface area contributed by atoms with Crippen LogP contribution in [0.5, 0.6) is 11.5 Å². The van der Waals surface area contributed by atoms with Crippen LogP contribution in [0.25, 0.3) is 16.2 Å². The zero-order chi connectivity index (χ0) is 24.1. The molecular weight excluding hydrogens is 474 g/mol. The van der Waals surface area contributed by atoms with Crippen LogP contribution in [0.15, 0.2) is 54.9 Å². The lowest BCUT2D eigenvalue weighted by Crippen LogP contribution is -2.13. The summed E-state index contributed by atoms with van der Waals surface area (Å²) in [5, 5.41) is 9.56. The van der Waals surface area contributed by atoms with Gasteiger partial charge < -0.3 is 20.3 Å². The number of amides is 1. The molecule has 1 amide bonds. The van der Waals surface area contributed by atoms with Gasteiger partial charge in [0, 0.05) is 23.3 Å². The number of pyridine rings is 1. The molecule has 178 valence electrons. The van der Waals surface area contributed by atoms with Gasteiger partial charge in [-0.05, 0) is 38.0 Å². The Bertz CT molecular complexity index is 1290. The fraction of sp³-hybridized carbons (Fsp3) is 0.280. The van der Waals surface area contributed by atoms with Gasteiger partial charge in [0.05, 0.1) is 40.9 Å². The number of ether oxygens (including phenoxy) is 2. The number of benzene rings is 1. The average Bonchev–Trinajstić information content (AvgIpc) is 3.40. The van der Waals surface area contributed by atoms with Crippen molar-refractivity contribution < 1.29 is 19.4 Å². The summed E-state index contributed by atoms with van der Waals surface area (Å²) in [6.07, 6.45) is 4.90. The molecule has 0 aliphatic carbocycles. The molecule has 0 saturated carbocycles. The number of unbranched alkanes of at least 4 members (excludes halogenated alkanes) is 1. The summed E-state index contributed by atoms with van der Waals surface area (Å²) in [7, 11) is 0. The molecule has 3 aromatic heterocycles. The first kappa shape index (κ1) is 24.1. The van der Waals surface area contributed by atoms with Crippen molar-refractivity contribution in [3.63, 3.8) is 0 Å².